The van der Waals surface area contributed by atoms with Crippen LogP contribution in [0.3, 0.4) is 0 Å². The van der Waals surface area contributed by atoms with E-state index in [1.54, 1.807) is 0 Å². The Hall–Kier alpha value is -0.370. The SMILES string of the molecule is NCc1cc(S(=O)(=O)NCCC2CCOC2)c(Cl)cc1Cl. The molecule has 1 heterocycles. The summed E-state index contributed by atoms with van der Waals surface area (Å²) in [6.45, 7) is 1.95. The quantitative estimate of drug-likeness (QED) is 0.821. The average Bonchev–Trinajstić information content (AvgIpc) is 2.91. The van der Waals surface area contributed by atoms with Crippen molar-refractivity contribution in [2.75, 3.05) is 19.8 Å². The van der Waals surface area contributed by atoms with Gasteiger partial charge in [0.25, 0.3) is 0 Å². The minimum absolute atomic E-state index is 0.0108. The predicted molar refractivity (Wildman–Crippen MR) is 83.1 cm³/mol. The fourth-order valence-electron chi connectivity index (χ4n) is 2.22. The van der Waals surface area contributed by atoms with Crippen molar-refractivity contribution < 1.29 is 13.2 Å². The van der Waals surface area contributed by atoms with Crippen LogP contribution in [0.5, 0.6) is 0 Å². The summed E-state index contributed by atoms with van der Waals surface area (Å²) >= 11 is 11.9. The van der Waals surface area contributed by atoms with Crippen LogP contribution in [-0.2, 0) is 21.3 Å². The first kappa shape index (κ1) is 17.0. The molecule has 0 aliphatic carbocycles. The lowest BCUT2D eigenvalue weighted by Crippen LogP contribution is -2.26. The van der Waals surface area contributed by atoms with Crippen molar-refractivity contribution in [2.24, 2.45) is 11.7 Å². The van der Waals surface area contributed by atoms with Gasteiger partial charge in [-0.3, -0.25) is 0 Å². The number of nitrogens with one attached hydrogen (secondary N) is 1. The largest absolute Gasteiger partial charge is 0.381 e. The lowest BCUT2D eigenvalue weighted by atomic mass is 10.1. The van der Waals surface area contributed by atoms with E-state index < -0.39 is 10.0 Å². The molecule has 1 aromatic carbocycles. The maximum atomic E-state index is 12.3. The van der Waals surface area contributed by atoms with E-state index in [0.29, 0.717) is 29.7 Å². The Balaban J connectivity index is 2.07. The molecule has 0 amide bonds. The van der Waals surface area contributed by atoms with Gasteiger partial charge in [-0.25, -0.2) is 13.1 Å². The van der Waals surface area contributed by atoms with Crippen molar-refractivity contribution in [1.82, 2.24) is 4.72 Å². The summed E-state index contributed by atoms with van der Waals surface area (Å²) in [5.74, 6) is 0.410. The standard InChI is InChI=1S/C13H18Cl2N2O3S/c14-11-6-12(15)13(5-10(11)7-16)21(18,19)17-3-1-9-2-4-20-8-9/h5-6,9,17H,1-4,7-8,16H2. The second kappa shape index (κ2) is 7.26. The summed E-state index contributed by atoms with van der Waals surface area (Å²) in [4.78, 5) is 0.0108. The molecule has 118 valence electrons. The van der Waals surface area contributed by atoms with Crippen LogP contribution in [0.25, 0.3) is 0 Å². The molecule has 1 fully saturated rings. The predicted octanol–water partition coefficient (Wildman–Crippen LogP) is 2.16. The van der Waals surface area contributed by atoms with E-state index in [1.165, 1.54) is 12.1 Å². The molecule has 0 radical (unpaired) electrons. The summed E-state index contributed by atoms with van der Waals surface area (Å²) in [5.41, 5.74) is 6.09. The third-order valence-electron chi connectivity index (χ3n) is 3.48. The Morgan fingerprint density at radius 3 is 2.71 bits per heavy atom. The molecule has 0 aromatic heterocycles. The highest BCUT2D eigenvalue weighted by molar-refractivity contribution is 7.89. The van der Waals surface area contributed by atoms with Gasteiger partial charge < -0.3 is 10.5 Å². The summed E-state index contributed by atoms with van der Waals surface area (Å²) < 4.78 is 32.4. The minimum atomic E-state index is -3.67. The number of rotatable bonds is 6. The van der Waals surface area contributed by atoms with Crippen molar-refractivity contribution in [3.05, 3.63) is 27.7 Å². The third-order valence-corrected chi connectivity index (χ3v) is 5.76. The molecule has 1 aliphatic heterocycles. The van der Waals surface area contributed by atoms with Crippen molar-refractivity contribution >= 4 is 33.2 Å². The van der Waals surface area contributed by atoms with Gasteiger partial charge in [-0.1, -0.05) is 23.2 Å². The van der Waals surface area contributed by atoms with Gasteiger partial charge >= 0.3 is 0 Å². The van der Waals surface area contributed by atoms with E-state index in [2.05, 4.69) is 4.72 Å². The smallest absolute Gasteiger partial charge is 0.242 e. The fourth-order valence-corrected chi connectivity index (χ4v) is 4.14. The van der Waals surface area contributed by atoms with Crippen LogP contribution >= 0.6 is 23.2 Å². The van der Waals surface area contributed by atoms with Crippen LogP contribution in [0.4, 0.5) is 0 Å². The fraction of sp³-hybridized carbons (Fsp3) is 0.538. The Morgan fingerprint density at radius 1 is 1.33 bits per heavy atom. The number of hydrogen-bond acceptors (Lipinski definition) is 4. The molecule has 1 aliphatic rings. The number of hydrogen-bond donors (Lipinski definition) is 2. The molecule has 0 spiro atoms. The third kappa shape index (κ3) is 4.31. The van der Waals surface area contributed by atoms with E-state index in [0.717, 1.165) is 19.4 Å². The number of sulfonamides is 1. The molecule has 1 unspecified atom stereocenters. The Morgan fingerprint density at radius 2 is 2.10 bits per heavy atom. The molecule has 3 N–H and O–H groups in total. The molecule has 8 heteroatoms. The van der Waals surface area contributed by atoms with Gasteiger partial charge in [0.05, 0.1) is 5.02 Å². The Bertz CT molecular complexity index is 602. The van der Waals surface area contributed by atoms with Crippen molar-refractivity contribution in [3.8, 4) is 0 Å². The number of ether oxygens (including phenoxy) is 1. The Kier molecular flexibility index (Phi) is 5.88. The highest BCUT2D eigenvalue weighted by Gasteiger charge is 2.21. The first-order valence-corrected chi connectivity index (χ1v) is 8.93. The second-order valence-corrected chi connectivity index (χ2v) is 7.54. The summed E-state index contributed by atoms with van der Waals surface area (Å²) in [5, 5.41) is 0.457. The van der Waals surface area contributed by atoms with E-state index in [9.17, 15) is 8.42 Å². The van der Waals surface area contributed by atoms with Crippen molar-refractivity contribution in [3.63, 3.8) is 0 Å². The van der Waals surface area contributed by atoms with Gasteiger partial charge in [0.15, 0.2) is 0 Å². The van der Waals surface area contributed by atoms with Crippen molar-refractivity contribution in [1.29, 1.82) is 0 Å². The lowest BCUT2D eigenvalue weighted by molar-refractivity contribution is 0.184. The zero-order valence-electron chi connectivity index (χ0n) is 11.4. The molecule has 1 atom stereocenters. The average molecular weight is 353 g/mol. The van der Waals surface area contributed by atoms with Gasteiger partial charge in [-0.15, -0.1) is 0 Å². The van der Waals surface area contributed by atoms with Gasteiger partial charge in [-0.05, 0) is 36.5 Å². The lowest BCUT2D eigenvalue weighted by Gasteiger charge is -2.12. The van der Waals surface area contributed by atoms with Gasteiger partial charge in [0.1, 0.15) is 4.90 Å². The van der Waals surface area contributed by atoms with E-state index in [4.69, 9.17) is 33.7 Å². The highest BCUT2D eigenvalue weighted by Crippen LogP contribution is 2.28. The molecule has 0 saturated carbocycles. The number of halogens is 2. The van der Waals surface area contributed by atoms with E-state index >= 15 is 0 Å². The molecular weight excluding hydrogens is 335 g/mol. The topological polar surface area (TPSA) is 81.4 Å². The normalized spacial score (nSPS) is 19.1. The van der Waals surface area contributed by atoms with Crippen LogP contribution in [0.1, 0.15) is 18.4 Å². The summed E-state index contributed by atoms with van der Waals surface area (Å²) in [7, 11) is -3.67. The van der Waals surface area contributed by atoms with Gasteiger partial charge in [0.2, 0.25) is 10.0 Å². The highest BCUT2D eigenvalue weighted by atomic mass is 35.5. The van der Waals surface area contributed by atoms with Crippen molar-refractivity contribution in [2.45, 2.75) is 24.3 Å². The number of benzene rings is 1. The second-order valence-electron chi connectivity index (χ2n) is 4.99. The first-order chi connectivity index (χ1) is 9.94. The molecule has 1 aromatic rings. The summed E-state index contributed by atoms with van der Waals surface area (Å²) in [6, 6.07) is 2.83. The zero-order valence-corrected chi connectivity index (χ0v) is 13.8. The zero-order chi connectivity index (χ0) is 15.5. The maximum Gasteiger partial charge on any atom is 0.242 e. The molecule has 5 nitrogen and oxygen atoms in total. The number of nitrogens with two attached hydrogens (primary N) is 1. The van der Waals surface area contributed by atoms with Gasteiger partial charge in [0, 0.05) is 31.3 Å². The van der Waals surface area contributed by atoms with Crippen LogP contribution in [0.15, 0.2) is 17.0 Å². The van der Waals surface area contributed by atoms with E-state index in [1.807, 2.05) is 0 Å². The van der Waals surface area contributed by atoms with E-state index in [-0.39, 0.29) is 16.5 Å². The first-order valence-electron chi connectivity index (χ1n) is 6.69. The molecule has 1 saturated heterocycles. The molecule has 2 rings (SSSR count). The molecular formula is C13H18Cl2N2O3S. The van der Waals surface area contributed by atoms with Crippen LogP contribution in [0, 0.1) is 5.92 Å². The van der Waals surface area contributed by atoms with Crippen LogP contribution < -0.4 is 10.5 Å². The Labute approximate surface area is 134 Å². The monoisotopic (exact) mass is 352 g/mol. The molecule has 0 bridgehead atoms. The minimum Gasteiger partial charge on any atom is -0.381 e. The summed E-state index contributed by atoms with van der Waals surface area (Å²) in [6.07, 6.45) is 1.72. The molecule has 21 heavy (non-hydrogen) atoms. The maximum absolute atomic E-state index is 12.3. The van der Waals surface area contributed by atoms with Crippen LogP contribution in [0.2, 0.25) is 10.0 Å². The van der Waals surface area contributed by atoms with Crippen LogP contribution in [-0.4, -0.2) is 28.2 Å². The van der Waals surface area contributed by atoms with Gasteiger partial charge in [-0.2, -0.15) is 0 Å².